The summed E-state index contributed by atoms with van der Waals surface area (Å²) in [6.07, 6.45) is 2.85. The monoisotopic (exact) mass is 407 g/mol. The molecule has 0 aliphatic rings. The Bertz CT molecular complexity index is 1170. The molecule has 3 nitrogen and oxygen atoms in total. The molecule has 1 heterocycles. The minimum absolute atomic E-state index is 0.0502. The van der Waals surface area contributed by atoms with E-state index in [-0.39, 0.29) is 11.3 Å². The lowest BCUT2D eigenvalue weighted by molar-refractivity contribution is 0.286. The van der Waals surface area contributed by atoms with Gasteiger partial charge in [-0.05, 0) is 60.9 Å². The van der Waals surface area contributed by atoms with Gasteiger partial charge in [0.1, 0.15) is 5.52 Å². The standard InChI is InChI=1S/C25H23F2NO2/c1-3-4-5-14-29-22-13-11-19(23(26)24(22)27)17-7-9-18(10-8-17)25-28-20-15-16(2)6-12-21(20)30-25/h6-13,15H,3-5,14H2,1-2H3. The Morgan fingerprint density at radius 1 is 0.900 bits per heavy atom. The lowest BCUT2D eigenvalue weighted by Crippen LogP contribution is -2.01. The number of hydrogen-bond acceptors (Lipinski definition) is 3. The summed E-state index contributed by atoms with van der Waals surface area (Å²) in [6, 6.07) is 15.9. The minimum Gasteiger partial charge on any atom is -0.490 e. The van der Waals surface area contributed by atoms with Crippen molar-refractivity contribution in [2.24, 2.45) is 0 Å². The smallest absolute Gasteiger partial charge is 0.227 e. The van der Waals surface area contributed by atoms with E-state index in [9.17, 15) is 8.78 Å². The first-order chi connectivity index (χ1) is 14.6. The second kappa shape index (κ2) is 8.66. The molecule has 0 amide bonds. The van der Waals surface area contributed by atoms with Crippen molar-refractivity contribution < 1.29 is 17.9 Å². The third-order valence-corrected chi connectivity index (χ3v) is 5.04. The summed E-state index contributed by atoms with van der Waals surface area (Å²) >= 11 is 0. The predicted octanol–water partition coefficient (Wildman–Crippen LogP) is 7.32. The van der Waals surface area contributed by atoms with E-state index < -0.39 is 11.6 Å². The number of benzene rings is 3. The lowest BCUT2D eigenvalue weighted by Gasteiger charge is -2.10. The van der Waals surface area contributed by atoms with Crippen molar-refractivity contribution in [2.45, 2.75) is 33.1 Å². The van der Waals surface area contributed by atoms with Gasteiger partial charge in [0.2, 0.25) is 11.7 Å². The molecule has 0 unspecified atom stereocenters. The fourth-order valence-electron chi connectivity index (χ4n) is 3.35. The van der Waals surface area contributed by atoms with Crippen molar-refractivity contribution >= 4 is 11.1 Å². The maximum Gasteiger partial charge on any atom is 0.227 e. The van der Waals surface area contributed by atoms with Gasteiger partial charge in [-0.3, -0.25) is 0 Å². The van der Waals surface area contributed by atoms with Crippen LogP contribution in [0.2, 0.25) is 0 Å². The zero-order chi connectivity index (χ0) is 21.1. The number of nitrogens with zero attached hydrogens (tertiary/aromatic N) is 1. The van der Waals surface area contributed by atoms with Crippen LogP contribution < -0.4 is 4.74 Å². The van der Waals surface area contributed by atoms with Crippen LogP contribution in [0.3, 0.4) is 0 Å². The largest absolute Gasteiger partial charge is 0.490 e. The quantitative estimate of drug-likeness (QED) is 0.301. The third kappa shape index (κ3) is 4.06. The van der Waals surface area contributed by atoms with Gasteiger partial charge in [0.25, 0.3) is 0 Å². The third-order valence-electron chi connectivity index (χ3n) is 5.04. The fraction of sp³-hybridized carbons (Fsp3) is 0.240. The van der Waals surface area contributed by atoms with Crippen LogP contribution in [0.1, 0.15) is 31.7 Å². The average molecular weight is 407 g/mol. The Hall–Kier alpha value is -3.21. The molecule has 0 saturated carbocycles. The van der Waals surface area contributed by atoms with E-state index in [1.165, 1.54) is 6.07 Å². The van der Waals surface area contributed by atoms with Crippen LogP contribution in [-0.4, -0.2) is 11.6 Å². The van der Waals surface area contributed by atoms with Gasteiger partial charge in [0.05, 0.1) is 6.61 Å². The molecule has 1 aromatic heterocycles. The Morgan fingerprint density at radius 2 is 1.67 bits per heavy atom. The highest BCUT2D eigenvalue weighted by molar-refractivity contribution is 5.77. The second-order valence-corrected chi connectivity index (χ2v) is 7.36. The van der Waals surface area contributed by atoms with Crippen LogP contribution in [-0.2, 0) is 0 Å². The predicted molar refractivity (Wildman–Crippen MR) is 115 cm³/mol. The molecular formula is C25H23F2NO2. The summed E-state index contributed by atoms with van der Waals surface area (Å²) in [5, 5.41) is 0. The number of fused-ring (bicyclic) bond motifs is 1. The molecule has 0 fully saturated rings. The number of aryl methyl sites for hydroxylation is 1. The molecule has 0 saturated heterocycles. The number of oxazole rings is 1. The SMILES string of the molecule is CCCCCOc1ccc(-c2ccc(-c3nc4cc(C)ccc4o3)cc2)c(F)c1F. The zero-order valence-electron chi connectivity index (χ0n) is 17.0. The van der Waals surface area contributed by atoms with Crippen LogP contribution in [0.25, 0.3) is 33.7 Å². The summed E-state index contributed by atoms with van der Waals surface area (Å²) in [5.74, 6) is -1.43. The molecule has 154 valence electrons. The van der Waals surface area contributed by atoms with Gasteiger partial charge in [-0.2, -0.15) is 4.39 Å². The van der Waals surface area contributed by atoms with Gasteiger partial charge >= 0.3 is 0 Å². The Kier molecular flexibility index (Phi) is 5.79. The normalized spacial score (nSPS) is 11.2. The second-order valence-electron chi connectivity index (χ2n) is 7.36. The first kappa shape index (κ1) is 20.1. The molecule has 0 aliphatic carbocycles. The number of rotatable bonds is 7. The van der Waals surface area contributed by atoms with Crippen LogP contribution in [0, 0.1) is 18.6 Å². The fourth-order valence-corrected chi connectivity index (χ4v) is 3.35. The number of ether oxygens (including phenoxy) is 1. The maximum atomic E-state index is 14.6. The average Bonchev–Trinajstić information content (AvgIpc) is 3.17. The molecule has 0 N–H and O–H groups in total. The van der Waals surface area contributed by atoms with Crippen LogP contribution in [0.5, 0.6) is 5.75 Å². The van der Waals surface area contributed by atoms with Crippen molar-refractivity contribution in [3.05, 3.63) is 71.8 Å². The van der Waals surface area contributed by atoms with E-state index in [1.54, 1.807) is 30.3 Å². The van der Waals surface area contributed by atoms with Crippen molar-refractivity contribution in [1.82, 2.24) is 4.98 Å². The molecular weight excluding hydrogens is 384 g/mol. The van der Waals surface area contributed by atoms with Gasteiger partial charge in [0, 0.05) is 11.1 Å². The van der Waals surface area contributed by atoms with Crippen LogP contribution >= 0.6 is 0 Å². The molecule has 0 radical (unpaired) electrons. The number of unbranched alkanes of at least 4 members (excludes halogenated alkanes) is 2. The van der Waals surface area contributed by atoms with E-state index in [4.69, 9.17) is 9.15 Å². The summed E-state index contributed by atoms with van der Waals surface area (Å²) < 4.78 is 40.3. The van der Waals surface area contributed by atoms with Crippen molar-refractivity contribution in [1.29, 1.82) is 0 Å². The molecule has 5 heteroatoms. The van der Waals surface area contributed by atoms with E-state index in [0.717, 1.165) is 35.9 Å². The highest BCUT2D eigenvalue weighted by Gasteiger charge is 2.16. The van der Waals surface area contributed by atoms with Crippen LogP contribution in [0.4, 0.5) is 8.78 Å². The molecule has 0 bridgehead atoms. The molecule has 3 aromatic carbocycles. The highest BCUT2D eigenvalue weighted by Crippen LogP contribution is 2.32. The summed E-state index contributed by atoms with van der Waals surface area (Å²) in [5.41, 5.74) is 4.13. The van der Waals surface area contributed by atoms with E-state index >= 15 is 0 Å². The summed E-state index contributed by atoms with van der Waals surface area (Å²) in [7, 11) is 0. The Morgan fingerprint density at radius 3 is 2.43 bits per heavy atom. The Balaban J connectivity index is 1.56. The lowest BCUT2D eigenvalue weighted by atomic mass is 10.0. The first-order valence-corrected chi connectivity index (χ1v) is 10.2. The highest BCUT2D eigenvalue weighted by atomic mass is 19.2. The molecule has 4 aromatic rings. The minimum atomic E-state index is -0.956. The van der Waals surface area contributed by atoms with Crippen molar-refractivity contribution in [3.63, 3.8) is 0 Å². The van der Waals surface area contributed by atoms with E-state index in [0.29, 0.717) is 23.6 Å². The maximum absolute atomic E-state index is 14.6. The Labute approximate surface area is 174 Å². The molecule has 4 rings (SSSR count). The van der Waals surface area contributed by atoms with Gasteiger partial charge in [0.15, 0.2) is 17.1 Å². The summed E-state index contributed by atoms with van der Waals surface area (Å²) in [4.78, 5) is 4.51. The zero-order valence-corrected chi connectivity index (χ0v) is 17.0. The van der Waals surface area contributed by atoms with E-state index in [2.05, 4.69) is 11.9 Å². The van der Waals surface area contributed by atoms with Crippen molar-refractivity contribution in [2.75, 3.05) is 6.61 Å². The molecule has 30 heavy (non-hydrogen) atoms. The molecule has 0 atom stereocenters. The van der Waals surface area contributed by atoms with Crippen molar-refractivity contribution in [3.8, 4) is 28.3 Å². The topological polar surface area (TPSA) is 35.3 Å². The molecule has 0 spiro atoms. The van der Waals surface area contributed by atoms with Gasteiger partial charge in [-0.15, -0.1) is 0 Å². The van der Waals surface area contributed by atoms with E-state index in [1.807, 2.05) is 25.1 Å². The van der Waals surface area contributed by atoms with Crippen LogP contribution in [0.15, 0.2) is 59.0 Å². The summed E-state index contributed by atoms with van der Waals surface area (Å²) in [6.45, 7) is 4.45. The number of aromatic nitrogens is 1. The molecule has 0 aliphatic heterocycles. The number of halogens is 2. The first-order valence-electron chi connectivity index (χ1n) is 10.2. The van der Waals surface area contributed by atoms with Gasteiger partial charge in [-0.25, -0.2) is 9.37 Å². The van der Waals surface area contributed by atoms with Gasteiger partial charge < -0.3 is 9.15 Å². The number of hydrogen-bond donors (Lipinski definition) is 0. The van der Waals surface area contributed by atoms with Gasteiger partial charge in [-0.1, -0.05) is 38.0 Å².